The Morgan fingerprint density at radius 2 is 2.18 bits per heavy atom. The van der Waals surface area contributed by atoms with Crippen LogP contribution in [0.1, 0.15) is 31.6 Å². The largest absolute Gasteiger partial charge is 0.420 e. The Morgan fingerprint density at radius 3 is 2.76 bits per heavy atom. The first kappa shape index (κ1) is 11.9. The van der Waals surface area contributed by atoms with Gasteiger partial charge in [-0.05, 0) is 31.5 Å². The zero-order valence-corrected chi connectivity index (χ0v) is 9.88. The minimum Gasteiger partial charge on any atom is -0.408 e. The van der Waals surface area contributed by atoms with Crippen molar-refractivity contribution in [2.75, 3.05) is 6.54 Å². The fourth-order valence-electron chi connectivity index (χ4n) is 1.89. The van der Waals surface area contributed by atoms with Crippen LogP contribution < -0.4 is 11.5 Å². The van der Waals surface area contributed by atoms with Gasteiger partial charge in [0.1, 0.15) is 0 Å². The molecule has 0 aliphatic carbocycles. The average Bonchev–Trinajstić information content (AvgIpc) is 2.62. The van der Waals surface area contributed by atoms with E-state index >= 15 is 0 Å². The van der Waals surface area contributed by atoms with Crippen LogP contribution in [-0.4, -0.2) is 16.2 Å². The van der Waals surface area contributed by atoms with Crippen LogP contribution in [0.15, 0.2) is 27.4 Å². The predicted octanol–water partition coefficient (Wildman–Crippen LogP) is 1.17. The molecule has 3 N–H and O–H groups in total. The highest BCUT2D eigenvalue weighted by Gasteiger charge is 2.14. The number of benzene rings is 1. The van der Waals surface area contributed by atoms with Gasteiger partial charge >= 0.3 is 5.76 Å². The van der Waals surface area contributed by atoms with Gasteiger partial charge in [0.25, 0.3) is 0 Å². The van der Waals surface area contributed by atoms with Crippen LogP contribution >= 0.6 is 0 Å². The van der Waals surface area contributed by atoms with Crippen LogP contribution in [0.4, 0.5) is 0 Å². The minimum absolute atomic E-state index is 0.0361. The Bertz CT molecular complexity index is 583. The Morgan fingerprint density at radius 1 is 1.47 bits per heavy atom. The summed E-state index contributed by atoms with van der Waals surface area (Å²) in [5.41, 5.74) is 7.26. The summed E-state index contributed by atoms with van der Waals surface area (Å²) in [7, 11) is 0. The Hall–Kier alpha value is -1.59. The van der Waals surface area contributed by atoms with Gasteiger partial charge in [0.2, 0.25) is 0 Å². The topological polar surface area (TPSA) is 81.4 Å². The number of oxazole rings is 1. The molecule has 0 fully saturated rings. The van der Waals surface area contributed by atoms with Gasteiger partial charge in [0.15, 0.2) is 5.58 Å². The molecule has 0 radical (unpaired) electrons. The maximum Gasteiger partial charge on any atom is 0.420 e. The van der Waals surface area contributed by atoms with E-state index in [1.807, 2.05) is 13.8 Å². The quantitative estimate of drug-likeness (QED) is 0.838. The number of hydrogen-bond donors (Lipinski definition) is 2. The molecule has 2 rings (SSSR count). The van der Waals surface area contributed by atoms with Crippen molar-refractivity contribution in [2.45, 2.75) is 26.0 Å². The van der Waals surface area contributed by atoms with Crippen LogP contribution in [0.5, 0.6) is 0 Å². The zero-order chi connectivity index (χ0) is 12.6. The molecule has 17 heavy (non-hydrogen) atoms. The van der Waals surface area contributed by atoms with Gasteiger partial charge in [-0.3, -0.25) is 4.57 Å². The summed E-state index contributed by atoms with van der Waals surface area (Å²) in [5.74, 6) is -0.380. The number of nitrogens with zero attached hydrogens (tertiary/aromatic N) is 1. The molecular formula is C12H16N2O3. The van der Waals surface area contributed by atoms with Crippen LogP contribution in [0, 0.1) is 0 Å². The molecule has 92 valence electrons. The molecule has 0 amide bonds. The van der Waals surface area contributed by atoms with Gasteiger partial charge in [-0.25, -0.2) is 4.79 Å². The Labute approximate surface area is 98.5 Å². The first-order valence-corrected chi connectivity index (χ1v) is 5.57. The lowest BCUT2D eigenvalue weighted by Crippen LogP contribution is -2.15. The third kappa shape index (κ3) is 1.99. The first-order chi connectivity index (χ1) is 8.04. The molecule has 0 saturated carbocycles. The second kappa shape index (κ2) is 4.35. The van der Waals surface area contributed by atoms with Crippen LogP contribution in [-0.2, 0) is 0 Å². The van der Waals surface area contributed by atoms with Crippen LogP contribution in [0.2, 0.25) is 0 Å². The van der Waals surface area contributed by atoms with Gasteiger partial charge in [-0.15, -0.1) is 0 Å². The lowest BCUT2D eigenvalue weighted by atomic mass is 10.1. The Kier molecular flexibility index (Phi) is 3.04. The van der Waals surface area contributed by atoms with E-state index in [1.165, 1.54) is 0 Å². The number of aromatic nitrogens is 1. The highest BCUT2D eigenvalue weighted by Crippen LogP contribution is 2.21. The fourth-order valence-corrected chi connectivity index (χ4v) is 1.89. The van der Waals surface area contributed by atoms with Gasteiger partial charge in [-0.1, -0.05) is 6.07 Å². The summed E-state index contributed by atoms with van der Waals surface area (Å²) in [5, 5.41) is 9.62. The summed E-state index contributed by atoms with van der Waals surface area (Å²) < 4.78 is 6.73. The molecule has 0 saturated heterocycles. The molecule has 1 unspecified atom stereocenters. The molecule has 0 bridgehead atoms. The maximum atomic E-state index is 11.6. The molecule has 1 aromatic carbocycles. The van der Waals surface area contributed by atoms with Crippen molar-refractivity contribution in [2.24, 2.45) is 5.73 Å². The third-order valence-electron chi connectivity index (χ3n) is 2.76. The summed E-state index contributed by atoms with van der Waals surface area (Å²) >= 11 is 0. The number of fused-ring (bicyclic) bond motifs is 1. The molecule has 1 heterocycles. The van der Waals surface area contributed by atoms with Crippen molar-refractivity contribution in [3.05, 3.63) is 34.3 Å². The number of nitrogens with two attached hydrogens (primary N) is 1. The number of aliphatic hydroxyl groups excluding tert-OH is 1. The van der Waals surface area contributed by atoms with E-state index in [4.69, 9.17) is 10.2 Å². The summed E-state index contributed by atoms with van der Waals surface area (Å²) in [6.45, 7) is 3.97. The highest BCUT2D eigenvalue weighted by molar-refractivity contribution is 5.74. The zero-order valence-electron chi connectivity index (χ0n) is 9.88. The molecular weight excluding hydrogens is 220 g/mol. The predicted molar refractivity (Wildman–Crippen MR) is 64.9 cm³/mol. The van der Waals surface area contributed by atoms with Crippen molar-refractivity contribution in [1.82, 2.24) is 4.57 Å². The normalized spacial score (nSPS) is 13.5. The first-order valence-electron chi connectivity index (χ1n) is 5.57. The minimum atomic E-state index is -0.730. The SMILES string of the molecule is CC(C)n1c(=O)oc2cc(C(O)CN)ccc21. The highest BCUT2D eigenvalue weighted by atomic mass is 16.4. The van der Waals surface area contributed by atoms with Gasteiger partial charge in [0, 0.05) is 12.6 Å². The van der Waals surface area contributed by atoms with Gasteiger partial charge in [0.05, 0.1) is 11.6 Å². The van der Waals surface area contributed by atoms with Crippen molar-refractivity contribution in [3.63, 3.8) is 0 Å². The smallest absolute Gasteiger partial charge is 0.408 e. The maximum absolute atomic E-state index is 11.6. The van der Waals surface area contributed by atoms with Crippen molar-refractivity contribution in [3.8, 4) is 0 Å². The molecule has 0 aliphatic rings. The van der Waals surface area contributed by atoms with E-state index in [1.54, 1.807) is 22.8 Å². The van der Waals surface area contributed by atoms with Crippen LogP contribution in [0.25, 0.3) is 11.1 Å². The lowest BCUT2D eigenvalue weighted by Gasteiger charge is -2.08. The molecule has 2 aromatic rings. The Balaban J connectivity index is 2.62. The van der Waals surface area contributed by atoms with Crippen molar-refractivity contribution in [1.29, 1.82) is 0 Å². The van der Waals surface area contributed by atoms with Crippen molar-refractivity contribution >= 4 is 11.1 Å². The van der Waals surface area contributed by atoms with Crippen LogP contribution in [0.3, 0.4) is 0 Å². The summed E-state index contributed by atoms with van der Waals surface area (Å²) in [6, 6.07) is 5.23. The fraction of sp³-hybridized carbons (Fsp3) is 0.417. The van der Waals surface area contributed by atoms with E-state index < -0.39 is 6.10 Å². The number of hydrogen-bond acceptors (Lipinski definition) is 4. The summed E-state index contributed by atoms with van der Waals surface area (Å²) in [6.07, 6.45) is -0.730. The van der Waals surface area contributed by atoms with Gasteiger partial charge in [-0.2, -0.15) is 0 Å². The standard InChI is InChI=1S/C12H16N2O3/c1-7(2)14-9-4-3-8(10(15)6-13)5-11(9)17-12(14)16/h3-5,7,10,15H,6,13H2,1-2H3. The van der Waals surface area contributed by atoms with E-state index in [2.05, 4.69) is 0 Å². The second-order valence-corrected chi connectivity index (χ2v) is 4.31. The molecule has 1 atom stereocenters. The average molecular weight is 236 g/mol. The second-order valence-electron chi connectivity index (χ2n) is 4.31. The molecule has 1 aromatic heterocycles. The van der Waals surface area contributed by atoms with E-state index in [9.17, 15) is 9.90 Å². The number of rotatable bonds is 3. The summed E-state index contributed by atoms with van der Waals surface area (Å²) in [4.78, 5) is 11.6. The third-order valence-corrected chi connectivity index (χ3v) is 2.76. The van der Waals surface area contributed by atoms with Crippen molar-refractivity contribution < 1.29 is 9.52 Å². The van der Waals surface area contributed by atoms with E-state index in [0.29, 0.717) is 11.1 Å². The number of aliphatic hydroxyl groups is 1. The van der Waals surface area contributed by atoms with E-state index in [-0.39, 0.29) is 18.3 Å². The molecule has 5 heteroatoms. The molecule has 0 spiro atoms. The lowest BCUT2D eigenvalue weighted by molar-refractivity contribution is 0.187. The monoisotopic (exact) mass is 236 g/mol. The van der Waals surface area contributed by atoms with E-state index in [0.717, 1.165) is 5.52 Å². The van der Waals surface area contributed by atoms with Gasteiger partial charge < -0.3 is 15.3 Å². The molecule has 5 nitrogen and oxygen atoms in total. The molecule has 0 aliphatic heterocycles.